The molecule has 0 atom stereocenters. The van der Waals surface area contributed by atoms with E-state index in [9.17, 15) is 9.90 Å². The topological polar surface area (TPSA) is 61.4 Å². The van der Waals surface area contributed by atoms with Gasteiger partial charge in [-0.3, -0.25) is 4.79 Å². The largest absolute Gasteiger partial charge is 0.396 e. The number of para-hydroxylation sites is 1. The molecule has 0 saturated heterocycles. The first kappa shape index (κ1) is 15.3. The number of aliphatic hydroxyl groups excluding tert-OH is 1. The minimum Gasteiger partial charge on any atom is -0.396 e. The zero-order valence-electron chi connectivity index (χ0n) is 11.5. The predicted molar refractivity (Wildman–Crippen MR) is 80.9 cm³/mol. The summed E-state index contributed by atoms with van der Waals surface area (Å²) >= 11 is 5.98. The lowest BCUT2D eigenvalue weighted by Crippen LogP contribution is -2.38. The Balaban J connectivity index is 1.77. The molecule has 1 aliphatic rings. The first-order chi connectivity index (χ1) is 9.65. The molecule has 1 fully saturated rings. The van der Waals surface area contributed by atoms with Crippen molar-refractivity contribution >= 4 is 23.2 Å². The van der Waals surface area contributed by atoms with E-state index in [0.717, 1.165) is 25.7 Å². The van der Waals surface area contributed by atoms with Crippen molar-refractivity contribution in [3.63, 3.8) is 0 Å². The number of halogens is 1. The van der Waals surface area contributed by atoms with Gasteiger partial charge in [0.1, 0.15) is 0 Å². The number of carbonyl (C=O) groups is 1. The van der Waals surface area contributed by atoms with Gasteiger partial charge in [0.2, 0.25) is 5.91 Å². The van der Waals surface area contributed by atoms with E-state index in [4.69, 9.17) is 11.6 Å². The molecule has 0 spiro atoms. The second-order valence-corrected chi connectivity index (χ2v) is 5.90. The molecule has 3 N–H and O–H groups in total. The van der Waals surface area contributed by atoms with Crippen LogP contribution in [0.3, 0.4) is 0 Å². The van der Waals surface area contributed by atoms with Crippen molar-refractivity contribution < 1.29 is 9.90 Å². The maximum Gasteiger partial charge on any atom is 0.238 e. The molecule has 5 heteroatoms. The standard InChI is InChI=1S/C15H21ClN2O2/c16-12-5-1-2-6-13(12)18-14(20)9-17-10-15(11-19)7-3-4-8-15/h1-2,5-6,17,19H,3-4,7-11H2,(H,18,20). The highest BCUT2D eigenvalue weighted by Crippen LogP contribution is 2.36. The lowest BCUT2D eigenvalue weighted by Gasteiger charge is -2.26. The van der Waals surface area contributed by atoms with Crippen LogP contribution >= 0.6 is 11.6 Å². The predicted octanol–water partition coefficient (Wildman–Crippen LogP) is 2.42. The summed E-state index contributed by atoms with van der Waals surface area (Å²) < 4.78 is 0. The summed E-state index contributed by atoms with van der Waals surface area (Å²) in [6.07, 6.45) is 4.38. The third-order valence-corrected chi connectivity index (χ3v) is 4.26. The van der Waals surface area contributed by atoms with Crippen LogP contribution in [0.2, 0.25) is 5.02 Å². The van der Waals surface area contributed by atoms with E-state index in [1.807, 2.05) is 12.1 Å². The number of aliphatic hydroxyl groups is 1. The van der Waals surface area contributed by atoms with Crippen LogP contribution in [0.5, 0.6) is 0 Å². The van der Waals surface area contributed by atoms with Gasteiger partial charge < -0.3 is 15.7 Å². The second-order valence-electron chi connectivity index (χ2n) is 5.50. The van der Waals surface area contributed by atoms with Crippen molar-refractivity contribution in [1.82, 2.24) is 5.32 Å². The Kier molecular flexibility index (Phi) is 5.40. The van der Waals surface area contributed by atoms with Crippen LogP contribution in [0.4, 0.5) is 5.69 Å². The Hall–Kier alpha value is -1.10. The van der Waals surface area contributed by atoms with Crippen molar-refractivity contribution in [2.24, 2.45) is 5.41 Å². The minimum atomic E-state index is -0.121. The fourth-order valence-electron chi connectivity index (χ4n) is 2.71. The molecule has 1 saturated carbocycles. The molecule has 4 nitrogen and oxygen atoms in total. The van der Waals surface area contributed by atoms with Gasteiger partial charge in [0, 0.05) is 18.6 Å². The number of benzene rings is 1. The van der Waals surface area contributed by atoms with Crippen molar-refractivity contribution in [2.75, 3.05) is 25.0 Å². The van der Waals surface area contributed by atoms with E-state index in [2.05, 4.69) is 10.6 Å². The van der Waals surface area contributed by atoms with Gasteiger partial charge in [0.25, 0.3) is 0 Å². The highest BCUT2D eigenvalue weighted by atomic mass is 35.5. The quantitative estimate of drug-likeness (QED) is 0.755. The van der Waals surface area contributed by atoms with E-state index in [1.54, 1.807) is 12.1 Å². The van der Waals surface area contributed by atoms with Crippen LogP contribution < -0.4 is 10.6 Å². The zero-order chi connectivity index (χ0) is 14.4. The number of carbonyl (C=O) groups excluding carboxylic acids is 1. The highest BCUT2D eigenvalue weighted by Gasteiger charge is 2.32. The van der Waals surface area contributed by atoms with Crippen molar-refractivity contribution in [2.45, 2.75) is 25.7 Å². The van der Waals surface area contributed by atoms with E-state index in [-0.39, 0.29) is 24.5 Å². The highest BCUT2D eigenvalue weighted by molar-refractivity contribution is 6.33. The summed E-state index contributed by atoms with van der Waals surface area (Å²) in [6, 6.07) is 7.16. The molecule has 0 radical (unpaired) electrons. The average molecular weight is 297 g/mol. The molecule has 1 aromatic carbocycles. The summed E-state index contributed by atoms with van der Waals surface area (Å²) in [5.74, 6) is -0.121. The van der Waals surface area contributed by atoms with Gasteiger partial charge in [-0.25, -0.2) is 0 Å². The van der Waals surface area contributed by atoms with Gasteiger partial charge in [0.05, 0.1) is 17.3 Å². The Bertz CT molecular complexity index is 459. The van der Waals surface area contributed by atoms with Crippen molar-refractivity contribution in [3.05, 3.63) is 29.3 Å². The average Bonchev–Trinajstić information content (AvgIpc) is 2.91. The molecule has 0 aromatic heterocycles. The third kappa shape index (κ3) is 3.95. The third-order valence-electron chi connectivity index (χ3n) is 3.93. The van der Waals surface area contributed by atoms with Gasteiger partial charge in [-0.05, 0) is 25.0 Å². The summed E-state index contributed by atoms with van der Waals surface area (Å²) in [5, 5.41) is 15.9. The summed E-state index contributed by atoms with van der Waals surface area (Å²) in [7, 11) is 0. The zero-order valence-corrected chi connectivity index (χ0v) is 12.2. The summed E-state index contributed by atoms with van der Waals surface area (Å²) in [4.78, 5) is 11.8. The molecule has 0 unspecified atom stereocenters. The van der Waals surface area contributed by atoms with Crippen LogP contribution in [0.1, 0.15) is 25.7 Å². The van der Waals surface area contributed by atoms with E-state index >= 15 is 0 Å². The first-order valence-electron chi connectivity index (χ1n) is 7.01. The van der Waals surface area contributed by atoms with Gasteiger partial charge >= 0.3 is 0 Å². The maximum absolute atomic E-state index is 11.8. The fourth-order valence-corrected chi connectivity index (χ4v) is 2.90. The van der Waals surface area contributed by atoms with Crippen molar-refractivity contribution in [1.29, 1.82) is 0 Å². The number of anilines is 1. The Morgan fingerprint density at radius 1 is 1.30 bits per heavy atom. The molecule has 0 bridgehead atoms. The van der Waals surface area contributed by atoms with Gasteiger partial charge in [-0.1, -0.05) is 36.6 Å². The monoisotopic (exact) mass is 296 g/mol. The normalized spacial score (nSPS) is 17.1. The van der Waals surface area contributed by atoms with E-state index in [1.165, 1.54) is 0 Å². The van der Waals surface area contributed by atoms with E-state index < -0.39 is 0 Å². The molecule has 1 aromatic rings. The van der Waals surface area contributed by atoms with Crippen LogP contribution in [0, 0.1) is 5.41 Å². The van der Waals surface area contributed by atoms with Gasteiger partial charge in [-0.15, -0.1) is 0 Å². The lowest BCUT2D eigenvalue weighted by molar-refractivity contribution is -0.115. The van der Waals surface area contributed by atoms with Crippen LogP contribution in [0.15, 0.2) is 24.3 Å². The molecular weight excluding hydrogens is 276 g/mol. The number of nitrogens with one attached hydrogen (secondary N) is 2. The number of hydrogen-bond acceptors (Lipinski definition) is 3. The molecule has 0 aliphatic heterocycles. The number of hydrogen-bond donors (Lipinski definition) is 3. The van der Waals surface area contributed by atoms with Crippen LogP contribution in [-0.4, -0.2) is 30.7 Å². The number of rotatable bonds is 6. The van der Waals surface area contributed by atoms with E-state index in [0.29, 0.717) is 17.3 Å². The lowest BCUT2D eigenvalue weighted by atomic mass is 9.87. The smallest absolute Gasteiger partial charge is 0.238 e. The molecule has 20 heavy (non-hydrogen) atoms. The maximum atomic E-state index is 11.8. The first-order valence-corrected chi connectivity index (χ1v) is 7.39. The van der Waals surface area contributed by atoms with Gasteiger partial charge in [0.15, 0.2) is 0 Å². The fraction of sp³-hybridized carbons (Fsp3) is 0.533. The molecule has 1 aliphatic carbocycles. The van der Waals surface area contributed by atoms with Crippen LogP contribution in [0.25, 0.3) is 0 Å². The second kappa shape index (κ2) is 7.07. The van der Waals surface area contributed by atoms with Crippen molar-refractivity contribution in [3.8, 4) is 0 Å². The van der Waals surface area contributed by atoms with Gasteiger partial charge in [-0.2, -0.15) is 0 Å². The Morgan fingerprint density at radius 2 is 2.00 bits per heavy atom. The summed E-state index contributed by atoms with van der Waals surface area (Å²) in [5.41, 5.74) is 0.587. The molecule has 110 valence electrons. The minimum absolute atomic E-state index is 0.0370. The molecular formula is C15H21ClN2O2. The Labute approximate surface area is 124 Å². The molecule has 1 amide bonds. The Morgan fingerprint density at radius 3 is 2.65 bits per heavy atom. The molecule has 2 rings (SSSR count). The molecule has 0 heterocycles. The summed E-state index contributed by atoms with van der Waals surface area (Å²) in [6.45, 7) is 1.10. The van der Waals surface area contributed by atoms with Crippen LogP contribution in [-0.2, 0) is 4.79 Å². The SMILES string of the molecule is O=C(CNCC1(CO)CCCC1)Nc1ccccc1Cl. The number of amides is 1.